The highest BCUT2D eigenvalue weighted by Crippen LogP contribution is 2.19. The van der Waals surface area contributed by atoms with Crippen molar-refractivity contribution in [2.45, 2.75) is 26.8 Å². The second kappa shape index (κ2) is 5.69. The fourth-order valence-corrected chi connectivity index (χ4v) is 1.54. The van der Waals surface area contributed by atoms with Gasteiger partial charge in [0.1, 0.15) is 6.04 Å². The Balaban J connectivity index is 2.68. The van der Waals surface area contributed by atoms with Gasteiger partial charge in [0.2, 0.25) is 5.91 Å². The summed E-state index contributed by atoms with van der Waals surface area (Å²) in [6, 6.07) is -0.932. The molecule has 19 heavy (non-hydrogen) atoms. The lowest BCUT2D eigenvalue weighted by Crippen LogP contribution is -2.48. The number of aliphatic carboxylic acids is 1. The van der Waals surface area contributed by atoms with Gasteiger partial charge in [0.05, 0.1) is 6.20 Å². The molecule has 0 aliphatic carbocycles. The Kier molecular flexibility index (Phi) is 4.47. The fourth-order valence-electron chi connectivity index (χ4n) is 1.54. The van der Waals surface area contributed by atoms with Crippen LogP contribution in [0.2, 0.25) is 0 Å². The number of aromatic nitrogens is 2. The van der Waals surface area contributed by atoms with Crippen LogP contribution in [0.1, 0.15) is 26.3 Å². The second-order valence-electron chi connectivity index (χ2n) is 5.43. The lowest BCUT2D eigenvalue weighted by Gasteiger charge is -2.27. The fraction of sp³-hybridized carbons (Fsp3) is 0.462. The normalized spacial score (nSPS) is 13.5. The van der Waals surface area contributed by atoms with E-state index in [2.05, 4.69) is 10.4 Å². The van der Waals surface area contributed by atoms with Crippen molar-refractivity contribution in [2.24, 2.45) is 12.5 Å². The van der Waals surface area contributed by atoms with Crippen LogP contribution in [-0.4, -0.2) is 32.8 Å². The van der Waals surface area contributed by atoms with Gasteiger partial charge in [-0.25, -0.2) is 4.79 Å². The van der Waals surface area contributed by atoms with Gasteiger partial charge in [0, 0.05) is 24.9 Å². The number of amides is 1. The van der Waals surface area contributed by atoms with Crippen molar-refractivity contribution in [3.63, 3.8) is 0 Å². The number of hydrogen-bond acceptors (Lipinski definition) is 3. The molecular weight excluding hydrogens is 246 g/mol. The van der Waals surface area contributed by atoms with Gasteiger partial charge in [-0.1, -0.05) is 20.8 Å². The topological polar surface area (TPSA) is 84.2 Å². The van der Waals surface area contributed by atoms with Crippen LogP contribution in [0.5, 0.6) is 0 Å². The SMILES string of the molecule is Cn1cc(/C=C/C(=O)NC(C(=O)O)C(C)(C)C)cn1. The molecule has 0 bridgehead atoms. The highest BCUT2D eigenvalue weighted by atomic mass is 16.4. The number of carbonyl (C=O) groups is 2. The first-order valence-electron chi connectivity index (χ1n) is 5.90. The van der Waals surface area contributed by atoms with Gasteiger partial charge in [-0.15, -0.1) is 0 Å². The molecule has 6 nitrogen and oxygen atoms in total. The van der Waals surface area contributed by atoms with E-state index in [1.54, 1.807) is 51.0 Å². The second-order valence-corrected chi connectivity index (χ2v) is 5.43. The third-order valence-electron chi connectivity index (χ3n) is 2.55. The van der Waals surface area contributed by atoms with E-state index in [0.29, 0.717) is 0 Å². The van der Waals surface area contributed by atoms with Crippen molar-refractivity contribution in [2.75, 3.05) is 0 Å². The molecule has 2 N–H and O–H groups in total. The standard InChI is InChI=1S/C13H19N3O3/c1-13(2,3)11(12(18)19)15-10(17)6-5-9-7-14-16(4)8-9/h5-8,11H,1-4H3,(H,15,17)(H,18,19)/b6-5+. The number of nitrogens with one attached hydrogen (secondary N) is 1. The Morgan fingerprint density at radius 2 is 2.11 bits per heavy atom. The average Bonchev–Trinajstić information content (AvgIpc) is 2.67. The first kappa shape index (κ1) is 14.9. The average molecular weight is 265 g/mol. The molecule has 6 heteroatoms. The van der Waals surface area contributed by atoms with E-state index in [-0.39, 0.29) is 0 Å². The Hall–Kier alpha value is -2.11. The van der Waals surface area contributed by atoms with E-state index in [4.69, 9.17) is 5.11 Å². The first-order chi connectivity index (χ1) is 8.70. The number of carbonyl (C=O) groups excluding carboxylic acids is 1. The van der Waals surface area contributed by atoms with Crippen LogP contribution in [-0.2, 0) is 16.6 Å². The van der Waals surface area contributed by atoms with Gasteiger partial charge in [-0.3, -0.25) is 9.48 Å². The molecule has 0 spiro atoms. The van der Waals surface area contributed by atoms with Crippen molar-refractivity contribution in [1.82, 2.24) is 15.1 Å². The van der Waals surface area contributed by atoms with Gasteiger partial charge in [0.15, 0.2) is 0 Å². The molecule has 1 amide bonds. The first-order valence-corrected chi connectivity index (χ1v) is 5.90. The summed E-state index contributed by atoms with van der Waals surface area (Å²) < 4.78 is 1.62. The van der Waals surface area contributed by atoms with E-state index < -0.39 is 23.3 Å². The van der Waals surface area contributed by atoms with E-state index in [1.165, 1.54) is 6.08 Å². The number of aryl methyl sites for hydroxylation is 1. The zero-order valence-corrected chi connectivity index (χ0v) is 11.5. The summed E-state index contributed by atoms with van der Waals surface area (Å²) in [7, 11) is 1.78. The molecule has 0 radical (unpaired) electrons. The van der Waals surface area contributed by atoms with Crippen LogP contribution in [0.15, 0.2) is 18.5 Å². The smallest absolute Gasteiger partial charge is 0.326 e. The van der Waals surface area contributed by atoms with Gasteiger partial charge >= 0.3 is 5.97 Å². The van der Waals surface area contributed by atoms with Crippen LogP contribution in [0, 0.1) is 5.41 Å². The van der Waals surface area contributed by atoms with Crippen LogP contribution in [0.3, 0.4) is 0 Å². The predicted molar refractivity (Wildman–Crippen MR) is 71.3 cm³/mol. The van der Waals surface area contributed by atoms with Gasteiger partial charge < -0.3 is 10.4 Å². The van der Waals surface area contributed by atoms with E-state index in [1.807, 2.05) is 0 Å². The number of nitrogens with zero attached hydrogens (tertiary/aromatic N) is 2. The van der Waals surface area contributed by atoms with Gasteiger partial charge in [-0.2, -0.15) is 5.10 Å². The zero-order valence-electron chi connectivity index (χ0n) is 11.5. The highest BCUT2D eigenvalue weighted by Gasteiger charge is 2.31. The molecule has 1 unspecified atom stereocenters. The molecule has 1 heterocycles. The molecule has 104 valence electrons. The molecular formula is C13H19N3O3. The Labute approximate surface area is 112 Å². The molecule has 0 fully saturated rings. The molecule has 0 aliphatic rings. The lowest BCUT2D eigenvalue weighted by atomic mass is 9.87. The van der Waals surface area contributed by atoms with Crippen molar-refractivity contribution in [3.05, 3.63) is 24.0 Å². The maximum atomic E-state index is 11.7. The van der Waals surface area contributed by atoms with Crippen LogP contribution < -0.4 is 5.32 Å². The van der Waals surface area contributed by atoms with Crippen LogP contribution in [0.25, 0.3) is 6.08 Å². The van der Waals surface area contributed by atoms with Crippen molar-refractivity contribution < 1.29 is 14.7 Å². The zero-order chi connectivity index (χ0) is 14.6. The summed E-state index contributed by atoms with van der Waals surface area (Å²) in [5, 5.41) is 15.5. The molecule has 0 aliphatic heterocycles. The summed E-state index contributed by atoms with van der Waals surface area (Å²) >= 11 is 0. The molecule has 0 saturated heterocycles. The maximum Gasteiger partial charge on any atom is 0.326 e. The Bertz CT molecular complexity index is 497. The predicted octanol–water partition coefficient (Wildman–Crippen LogP) is 1.05. The van der Waals surface area contributed by atoms with Crippen LogP contribution >= 0.6 is 0 Å². The molecule has 1 rings (SSSR count). The van der Waals surface area contributed by atoms with E-state index in [0.717, 1.165) is 5.56 Å². The summed E-state index contributed by atoms with van der Waals surface area (Å²) in [6.07, 6.45) is 6.26. The Morgan fingerprint density at radius 3 is 2.53 bits per heavy atom. The summed E-state index contributed by atoms with van der Waals surface area (Å²) in [6.45, 7) is 5.28. The van der Waals surface area contributed by atoms with Crippen molar-refractivity contribution >= 4 is 18.0 Å². The van der Waals surface area contributed by atoms with Crippen molar-refractivity contribution in [1.29, 1.82) is 0 Å². The minimum atomic E-state index is -1.05. The molecule has 0 aromatic carbocycles. The number of rotatable bonds is 4. The minimum Gasteiger partial charge on any atom is -0.480 e. The number of hydrogen-bond donors (Lipinski definition) is 2. The quantitative estimate of drug-likeness (QED) is 0.797. The van der Waals surface area contributed by atoms with Crippen molar-refractivity contribution in [3.8, 4) is 0 Å². The third-order valence-corrected chi connectivity index (χ3v) is 2.55. The van der Waals surface area contributed by atoms with E-state index >= 15 is 0 Å². The minimum absolute atomic E-state index is 0.439. The summed E-state index contributed by atoms with van der Waals surface area (Å²) in [5.74, 6) is -1.48. The lowest BCUT2D eigenvalue weighted by molar-refractivity contribution is -0.144. The third kappa shape index (κ3) is 4.57. The molecule has 1 aromatic rings. The summed E-state index contributed by atoms with van der Waals surface area (Å²) in [4.78, 5) is 22.8. The number of carboxylic acid groups (broad SMARTS) is 1. The van der Waals surface area contributed by atoms with Crippen LogP contribution in [0.4, 0.5) is 0 Å². The summed E-state index contributed by atoms with van der Waals surface area (Å²) in [5.41, 5.74) is 0.226. The monoisotopic (exact) mass is 265 g/mol. The van der Waals surface area contributed by atoms with E-state index in [9.17, 15) is 9.59 Å². The molecule has 1 atom stereocenters. The number of carboxylic acids is 1. The molecule has 1 aromatic heterocycles. The van der Waals surface area contributed by atoms with Gasteiger partial charge in [0.25, 0.3) is 0 Å². The molecule has 0 saturated carbocycles. The Morgan fingerprint density at radius 1 is 1.47 bits per heavy atom. The largest absolute Gasteiger partial charge is 0.480 e. The highest BCUT2D eigenvalue weighted by molar-refractivity contribution is 5.94. The maximum absolute atomic E-state index is 11.7. The van der Waals surface area contributed by atoms with Gasteiger partial charge in [-0.05, 0) is 11.5 Å².